The second-order valence-corrected chi connectivity index (χ2v) is 10.1. The number of benzene rings is 2. The molecular weight excluding hydrogens is 531 g/mol. The topological polar surface area (TPSA) is 88.2 Å². The predicted molar refractivity (Wildman–Crippen MR) is 146 cm³/mol. The minimum atomic E-state index is -3.20. The fourth-order valence-corrected chi connectivity index (χ4v) is 4.80. The summed E-state index contributed by atoms with van der Waals surface area (Å²) in [5, 5.41) is 8.05. The Morgan fingerprint density at radius 1 is 0.971 bits per heavy atom. The van der Waals surface area contributed by atoms with Gasteiger partial charge in [-0.05, 0) is 48.0 Å². The Morgan fingerprint density at radius 2 is 1.69 bits per heavy atom. The largest absolute Gasteiger partial charge is 0.490 e. The second-order valence-electron chi connectivity index (χ2n) is 8.10. The van der Waals surface area contributed by atoms with Crippen LogP contribution in [-0.4, -0.2) is 49.0 Å². The van der Waals surface area contributed by atoms with Gasteiger partial charge in [0.05, 0.1) is 16.6 Å². The molecule has 1 aliphatic heterocycles. The predicted octanol–water partition coefficient (Wildman–Crippen LogP) is 5.34. The first-order chi connectivity index (χ1) is 15.5. The fourth-order valence-electron chi connectivity index (χ4n) is 4.17. The van der Waals surface area contributed by atoms with Crippen molar-refractivity contribution in [3.05, 3.63) is 67.1 Å². The number of aromatic amines is 1. The number of aromatic nitrogens is 3. The van der Waals surface area contributed by atoms with E-state index in [2.05, 4.69) is 44.3 Å². The minimum absolute atomic E-state index is 0. The number of rotatable bonds is 5. The molecule has 0 atom stereocenters. The molecule has 0 bridgehead atoms. The first kappa shape index (κ1) is 28.7. The van der Waals surface area contributed by atoms with Crippen LogP contribution in [0, 0.1) is 0 Å². The van der Waals surface area contributed by atoms with Crippen molar-refractivity contribution < 1.29 is 13.2 Å². The normalized spacial score (nSPS) is 13.9. The van der Waals surface area contributed by atoms with Crippen LogP contribution in [0.25, 0.3) is 22.0 Å². The lowest BCUT2D eigenvalue weighted by Crippen LogP contribution is -2.38. The maximum atomic E-state index is 11.6. The molecule has 0 spiro atoms. The van der Waals surface area contributed by atoms with Crippen molar-refractivity contribution in [3.8, 4) is 16.9 Å². The molecule has 0 amide bonds. The Hall–Kier alpha value is -2.52. The second kappa shape index (κ2) is 11.9. The van der Waals surface area contributed by atoms with Crippen molar-refractivity contribution >= 4 is 63.6 Å². The SMILES string of the molecule is CS(=O)(=O)c1ccc(OC2CCN(c3ccnc4ccc(-c5cn[nH]c5)cc34)CC2)cc1.Cl.Cl.Cl. The Bertz CT molecular complexity index is 1340. The van der Waals surface area contributed by atoms with Gasteiger partial charge in [0.15, 0.2) is 9.84 Å². The number of pyridine rings is 1. The van der Waals surface area contributed by atoms with Crippen LogP contribution in [0.15, 0.2) is 72.0 Å². The molecule has 0 aliphatic carbocycles. The van der Waals surface area contributed by atoms with Gasteiger partial charge in [-0.15, -0.1) is 37.2 Å². The molecule has 2 aromatic heterocycles. The smallest absolute Gasteiger partial charge is 0.175 e. The van der Waals surface area contributed by atoms with E-state index in [0.717, 1.165) is 48.0 Å². The molecule has 4 aromatic rings. The van der Waals surface area contributed by atoms with Gasteiger partial charge in [-0.25, -0.2) is 8.42 Å². The van der Waals surface area contributed by atoms with Gasteiger partial charge in [0.2, 0.25) is 0 Å². The lowest BCUT2D eigenvalue weighted by molar-refractivity contribution is 0.171. The minimum Gasteiger partial charge on any atom is -0.490 e. The highest BCUT2D eigenvalue weighted by Gasteiger charge is 2.22. The first-order valence-corrected chi connectivity index (χ1v) is 12.5. The summed E-state index contributed by atoms with van der Waals surface area (Å²) in [5.74, 6) is 0.704. The van der Waals surface area contributed by atoms with Crippen molar-refractivity contribution in [1.29, 1.82) is 0 Å². The third kappa shape index (κ3) is 6.38. The third-order valence-corrected chi connectivity index (χ3v) is 7.02. The zero-order valence-corrected chi connectivity index (χ0v) is 22.2. The van der Waals surface area contributed by atoms with Gasteiger partial charge in [-0.2, -0.15) is 5.10 Å². The quantitative estimate of drug-likeness (QED) is 0.356. The number of H-pyrrole nitrogens is 1. The molecule has 1 N–H and O–H groups in total. The number of hydrogen-bond donors (Lipinski definition) is 1. The van der Waals surface area contributed by atoms with E-state index in [1.54, 1.807) is 24.3 Å². The standard InChI is InChI=1S/C24H24N4O3S.3ClH/c1-32(29,30)21-5-3-19(4-6-21)31-20-9-12-28(13-10-20)24-8-11-25-23-7-2-17(14-22(23)24)18-15-26-27-16-18;;;/h2-8,11,14-16,20H,9-10,12-13H2,1H3,(H,26,27);3*1H. The molecule has 0 radical (unpaired) electrons. The van der Waals surface area contributed by atoms with Crippen LogP contribution in [0.3, 0.4) is 0 Å². The van der Waals surface area contributed by atoms with E-state index in [1.807, 2.05) is 18.6 Å². The van der Waals surface area contributed by atoms with E-state index in [0.29, 0.717) is 10.6 Å². The van der Waals surface area contributed by atoms with Gasteiger partial charge in [0.1, 0.15) is 11.9 Å². The van der Waals surface area contributed by atoms with Crippen molar-refractivity contribution in [2.75, 3.05) is 24.2 Å². The number of halogens is 3. The van der Waals surface area contributed by atoms with Gasteiger partial charge < -0.3 is 9.64 Å². The van der Waals surface area contributed by atoms with Crippen molar-refractivity contribution in [2.45, 2.75) is 23.8 Å². The molecule has 11 heteroatoms. The average Bonchev–Trinajstić information content (AvgIpc) is 3.34. The zero-order chi connectivity index (χ0) is 22.1. The lowest BCUT2D eigenvalue weighted by atomic mass is 10.0. The van der Waals surface area contributed by atoms with Gasteiger partial charge in [-0.3, -0.25) is 10.1 Å². The van der Waals surface area contributed by atoms with Crippen LogP contribution in [0.4, 0.5) is 5.69 Å². The van der Waals surface area contributed by atoms with E-state index < -0.39 is 9.84 Å². The van der Waals surface area contributed by atoms with E-state index >= 15 is 0 Å². The van der Waals surface area contributed by atoms with Gasteiger partial charge in [-0.1, -0.05) is 6.07 Å². The third-order valence-electron chi connectivity index (χ3n) is 5.89. The van der Waals surface area contributed by atoms with Crippen molar-refractivity contribution in [2.24, 2.45) is 0 Å². The lowest BCUT2D eigenvalue weighted by Gasteiger charge is -2.34. The summed E-state index contributed by atoms with van der Waals surface area (Å²) in [6.07, 6.45) is 8.66. The van der Waals surface area contributed by atoms with Gasteiger partial charge in [0.25, 0.3) is 0 Å². The van der Waals surface area contributed by atoms with Crippen LogP contribution >= 0.6 is 37.2 Å². The van der Waals surface area contributed by atoms with Crippen LogP contribution in [0.5, 0.6) is 5.75 Å². The highest BCUT2D eigenvalue weighted by Crippen LogP contribution is 2.32. The molecule has 0 unspecified atom stereocenters. The molecule has 1 fully saturated rings. The molecule has 7 nitrogen and oxygen atoms in total. The van der Waals surface area contributed by atoms with Crippen LogP contribution < -0.4 is 9.64 Å². The molecule has 2 aromatic carbocycles. The number of nitrogens with zero attached hydrogens (tertiary/aromatic N) is 3. The van der Waals surface area contributed by atoms with E-state index in [-0.39, 0.29) is 43.3 Å². The summed E-state index contributed by atoms with van der Waals surface area (Å²) in [6.45, 7) is 1.75. The maximum Gasteiger partial charge on any atom is 0.175 e. The summed E-state index contributed by atoms with van der Waals surface area (Å²) < 4.78 is 29.4. The number of hydrogen-bond acceptors (Lipinski definition) is 6. The van der Waals surface area contributed by atoms with Gasteiger partial charge in [0, 0.05) is 61.2 Å². The van der Waals surface area contributed by atoms with Crippen LogP contribution in [0.1, 0.15) is 12.8 Å². The summed E-state index contributed by atoms with van der Waals surface area (Å²) in [6, 6.07) is 15.0. The first-order valence-electron chi connectivity index (χ1n) is 10.6. The van der Waals surface area contributed by atoms with E-state index in [9.17, 15) is 8.42 Å². The monoisotopic (exact) mass is 556 g/mol. The van der Waals surface area contributed by atoms with Crippen molar-refractivity contribution in [3.63, 3.8) is 0 Å². The van der Waals surface area contributed by atoms with E-state index in [1.165, 1.54) is 11.9 Å². The molecule has 5 rings (SSSR count). The van der Waals surface area contributed by atoms with Crippen molar-refractivity contribution in [1.82, 2.24) is 15.2 Å². The molecule has 0 saturated carbocycles. The molecule has 188 valence electrons. The maximum absolute atomic E-state index is 11.6. The Labute approximate surface area is 223 Å². The Balaban J connectivity index is 0.00000144. The highest BCUT2D eigenvalue weighted by atomic mass is 35.5. The number of nitrogens with one attached hydrogen (secondary N) is 1. The average molecular weight is 558 g/mol. The number of fused-ring (bicyclic) bond motifs is 1. The highest BCUT2D eigenvalue weighted by molar-refractivity contribution is 7.90. The summed E-state index contributed by atoms with van der Waals surface area (Å²) in [5.41, 5.74) is 4.31. The summed E-state index contributed by atoms with van der Waals surface area (Å²) in [4.78, 5) is 7.23. The van der Waals surface area contributed by atoms with Crippen LogP contribution in [-0.2, 0) is 9.84 Å². The van der Waals surface area contributed by atoms with E-state index in [4.69, 9.17) is 4.74 Å². The van der Waals surface area contributed by atoms with Gasteiger partial charge >= 0.3 is 0 Å². The Kier molecular flexibility index (Phi) is 9.80. The summed E-state index contributed by atoms with van der Waals surface area (Å²) in [7, 11) is -3.20. The number of ether oxygens (including phenoxy) is 1. The number of piperidine rings is 1. The van der Waals surface area contributed by atoms with Crippen LogP contribution in [0.2, 0.25) is 0 Å². The summed E-state index contributed by atoms with van der Waals surface area (Å²) >= 11 is 0. The fraction of sp³-hybridized carbons (Fsp3) is 0.250. The Morgan fingerprint density at radius 3 is 2.31 bits per heavy atom. The molecule has 3 heterocycles. The molecule has 1 aliphatic rings. The molecular formula is C24H27Cl3N4O3S. The number of sulfone groups is 1. The molecule has 35 heavy (non-hydrogen) atoms. The zero-order valence-electron chi connectivity index (χ0n) is 19.0. The number of anilines is 1. The molecule has 1 saturated heterocycles.